The molecule has 6 heteroatoms. The molecule has 0 saturated carbocycles. The number of rotatable bonds is 5. The van der Waals surface area contributed by atoms with Gasteiger partial charge in [0.1, 0.15) is 5.75 Å². The Morgan fingerprint density at radius 2 is 1.87 bits per heavy atom. The summed E-state index contributed by atoms with van der Waals surface area (Å²) < 4.78 is 11.1. The Labute approximate surface area is 132 Å². The van der Waals surface area contributed by atoms with Gasteiger partial charge in [-0.1, -0.05) is 18.2 Å². The second-order valence-electron chi connectivity index (χ2n) is 4.74. The lowest BCUT2D eigenvalue weighted by molar-refractivity contribution is 0.242. The molecular formula is C17H13N3O3. The van der Waals surface area contributed by atoms with Crippen LogP contribution in [0.4, 0.5) is 0 Å². The molecule has 23 heavy (non-hydrogen) atoms. The van der Waals surface area contributed by atoms with Crippen molar-refractivity contribution in [2.24, 2.45) is 0 Å². The van der Waals surface area contributed by atoms with Crippen LogP contribution in [0.25, 0.3) is 11.5 Å². The lowest BCUT2D eigenvalue weighted by Crippen LogP contribution is -1.98. The molecule has 1 heterocycles. The van der Waals surface area contributed by atoms with E-state index in [4.69, 9.17) is 14.4 Å². The van der Waals surface area contributed by atoms with Crippen LogP contribution in [0.5, 0.6) is 5.75 Å². The number of nitrogens with zero attached hydrogens (tertiary/aromatic N) is 3. The maximum Gasteiger partial charge on any atom is 0.254 e. The molecule has 0 aliphatic heterocycles. The van der Waals surface area contributed by atoms with Crippen molar-refractivity contribution < 1.29 is 14.3 Å². The zero-order valence-electron chi connectivity index (χ0n) is 12.1. The number of hydrogen-bond donors (Lipinski definition) is 1. The van der Waals surface area contributed by atoms with Gasteiger partial charge in [-0.3, -0.25) is 0 Å². The summed E-state index contributed by atoms with van der Waals surface area (Å²) >= 11 is 0. The van der Waals surface area contributed by atoms with Crippen LogP contribution in [-0.4, -0.2) is 15.3 Å². The molecule has 0 fully saturated rings. The van der Waals surface area contributed by atoms with Gasteiger partial charge in [-0.05, 0) is 30.3 Å². The maximum absolute atomic E-state index is 9.26. The van der Waals surface area contributed by atoms with E-state index in [1.807, 2.05) is 12.1 Å². The Bertz CT molecular complexity index is 835. The average molecular weight is 307 g/mol. The number of para-hydroxylation sites is 1. The summed E-state index contributed by atoms with van der Waals surface area (Å²) in [5, 5.41) is 25.9. The fourth-order valence-corrected chi connectivity index (χ4v) is 2.03. The average Bonchev–Trinajstić information content (AvgIpc) is 3.09. The highest BCUT2D eigenvalue weighted by Crippen LogP contribution is 2.21. The smallest absolute Gasteiger partial charge is 0.254 e. The molecule has 2 aromatic carbocycles. The first-order chi connectivity index (χ1) is 11.3. The summed E-state index contributed by atoms with van der Waals surface area (Å²) in [7, 11) is 0. The summed E-state index contributed by atoms with van der Waals surface area (Å²) in [5.74, 6) is 1.27. The first-order valence-electron chi connectivity index (χ1n) is 6.94. The van der Waals surface area contributed by atoms with Crippen molar-refractivity contribution in [3.63, 3.8) is 0 Å². The molecule has 1 aromatic heterocycles. The first kappa shape index (κ1) is 14.8. The molecule has 0 spiro atoms. The van der Waals surface area contributed by atoms with E-state index < -0.39 is 0 Å². The Morgan fingerprint density at radius 1 is 1.09 bits per heavy atom. The summed E-state index contributed by atoms with van der Waals surface area (Å²) in [6, 6.07) is 16.1. The minimum Gasteiger partial charge on any atom is -0.483 e. The van der Waals surface area contributed by atoms with E-state index in [1.165, 1.54) is 0 Å². The SMILES string of the molecule is N#Cc1ccc(-c2nnc(COc3ccccc3CO)o2)cc1. The highest BCUT2D eigenvalue weighted by atomic mass is 16.5. The third-order valence-electron chi connectivity index (χ3n) is 3.22. The molecule has 3 rings (SSSR count). The number of aliphatic hydroxyl groups is 1. The highest BCUT2D eigenvalue weighted by molar-refractivity contribution is 5.54. The molecule has 0 unspecified atom stereocenters. The van der Waals surface area contributed by atoms with Crippen LogP contribution in [0.1, 0.15) is 17.0 Å². The van der Waals surface area contributed by atoms with Crippen molar-refractivity contribution in [3.8, 4) is 23.3 Å². The molecule has 0 aliphatic rings. The number of aromatic nitrogens is 2. The minimum atomic E-state index is -0.101. The molecule has 6 nitrogen and oxygen atoms in total. The quantitative estimate of drug-likeness (QED) is 0.779. The van der Waals surface area contributed by atoms with E-state index in [9.17, 15) is 5.11 Å². The molecule has 0 amide bonds. The van der Waals surface area contributed by atoms with Crippen LogP contribution in [-0.2, 0) is 13.2 Å². The van der Waals surface area contributed by atoms with Crippen LogP contribution in [0.2, 0.25) is 0 Å². The second-order valence-corrected chi connectivity index (χ2v) is 4.74. The minimum absolute atomic E-state index is 0.101. The number of benzene rings is 2. The third-order valence-corrected chi connectivity index (χ3v) is 3.22. The van der Waals surface area contributed by atoms with Crippen molar-refractivity contribution >= 4 is 0 Å². The summed E-state index contributed by atoms with van der Waals surface area (Å²) in [6.07, 6.45) is 0. The highest BCUT2D eigenvalue weighted by Gasteiger charge is 2.10. The maximum atomic E-state index is 9.26. The van der Waals surface area contributed by atoms with E-state index in [0.29, 0.717) is 28.7 Å². The monoisotopic (exact) mass is 307 g/mol. The van der Waals surface area contributed by atoms with Crippen LogP contribution >= 0.6 is 0 Å². The van der Waals surface area contributed by atoms with Gasteiger partial charge in [-0.25, -0.2) is 0 Å². The van der Waals surface area contributed by atoms with Crippen molar-refractivity contribution in [2.75, 3.05) is 0 Å². The van der Waals surface area contributed by atoms with E-state index in [-0.39, 0.29) is 13.2 Å². The zero-order chi connectivity index (χ0) is 16.1. The normalized spacial score (nSPS) is 10.3. The van der Waals surface area contributed by atoms with Crippen molar-refractivity contribution in [3.05, 3.63) is 65.5 Å². The van der Waals surface area contributed by atoms with Gasteiger partial charge in [0.15, 0.2) is 6.61 Å². The topological polar surface area (TPSA) is 92.2 Å². The van der Waals surface area contributed by atoms with Crippen LogP contribution < -0.4 is 4.74 Å². The molecule has 114 valence electrons. The Kier molecular flexibility index (Phi) is 4.32. The van der Waals surface area contributed by atoms with Crippen LogP contribution in [0, 0.1) is 11.3 Å². The van der Waals surface area contributed by atoms with Gasteiger partial charge in [-0.15, -0.1) is 10.2 Å². The van der Waals surface area contributed by atoms with Gasteiger partial charge in [0.2, 0.25) is 5.89 Å². The van der Waals surface area contributed by atoms with Gasteiger partial charge in [0.25, 0.3) is 5.89 Å². The van der Waals surface area contributed by atoms with Crippen molar-refractivity contribution in [1.82, 2.24) is 10.2 Å². The van der Waals surface area contributed by atoms with E-state index in [1.54, 1.807) is 36.4 Å². The second kappa shape index (κ2) is 6.73. The van der Waals surface area contributed by atoms with Crippen LogP contribution in [0.3, 0.4) is 0 Å². The van der Waals surface area contributed by atoms with E-state index in [0.717, 1.165) is 5.56 Å². The van der Waals surface area contributed by atoms with Gasteiger partial charge in [0, 0.05) is 11.1 Å². The summed E-state index contributed by atoms with van der Waals surface area (Å²) in [6.45, 7) is 0.0107. The molecule has 0 atom stereocenters. The number of nitriles is 1. The van der Waals surface area contributed by atoms with Crippen LogP contribution in [0.15, 0.2) is 52.9 Å². The number of ether oxygens (including phenoxy) is 1. The summed E-state index contributed by atoms with van der Waals surface area (Å²) in [5.41, 5.74) is 2.00. The fourth-order valence-electron chi connectivity index (χ4n) is 2.03. The zero-order valence-corrected chi connectivity index (χ0v) is 12.1. The first-order valence-corrected chi connectivity index (χ1v) is 6.94. The Hall–Kier alpha value is -3.17. The standard InChI is InChI=1S/C17H13N3O3/c18-9-12-5-7-13(8-6-12)17-20-19-16(23-17)11-22-15-4-2-1-3-14(15)10-21/h1-8,21H,10-11H2. The molecule has 0 radical (unpaired) electrons. The van der Waals surface area contributed by atoms with E-state index in [2.05, 4.69) is 16.3 Å². The lowest BCUT2D eigenvalue weighted by Gasteiger charge is -2.07. The molecule has 3 aromatic rings. The predicted octanol–water partition coefficient (Wildman–Crippen LogP) is 2.68. The molecule has 0 aliphatic carbocycles. The van der Waals surface area contributed by atoms with Gasteiger partial charge >= 0.3 is 0 Å². The molecular weight excluding hydrogens is 294 g/mol. The molecule has 1 N–H and O–H groups in total. The fraction of sp³-hybridized carbons (Fsp3) is 0.118. The number of hydrogen-bond acceptors (Lipinski definition) is 6. The number of aliphatic hydroxyl groups excluding tert-OH is 1. The lowest BCUT2D eigenvalue weighted by atomic mass is 10.1. The summed E-state index contributed by atoms with van der Waals surface area (Å²) in [4.78, 5) is 0. The largest absolute Gasteiger partial charge is 0.483 e. The molecule has 0 bridgehead atoms. The van der Waals surface area contributed by atoms with Gasteiger partial charge in [-0.2, -0.15) is 5.26 Å². The van der Waals surface area contributed by atoms with Gasteiger partial charge in [0.05, 0.1) is 18.2 Å². The van der Waals surface area contributed by atoms with E-state index >= 15 is 0 Å². The third kappa shape index (κ3) is 3.36. The molecule has 0 saturated heterocycles. The predicted molar refractivity (Wildman–Crippen MR) is 81.1 cm³/mol. The van der Waals surface area contributed by atoms with Gasteiger partial charge < -0.3 is 14.3 Å². The Morgan fingerprint density at radius 3 is 2.61 bits per heavy atom. The van der Waals surface area contributed by atoms with Crippen molar-refractivity contribution in [2.45, 2.75) is 13.2 Å². The van der Waals surface area contributed by atoms with Crippen molar-refractivity contribution in [1.29, 1.82) is 5.26 Å². The Balaban J connectivity index is 1.71.